The number of halogens is 2. The number of thioether (sulfide) groups is 1. The Morgan fingerprint density at radius 2 is 1.72 bits per heavy atom. The third-order valence-electron chi connectivity index (χ3n) is 5.49. The molecule has 0 aliphatic heterocycles. The Kier molecular flexibility index (Phi) is 8.40. The van der Waals surface area contributed by atoms with Crippen molar-refractivity contribution in [3.63, 3.8) is 0 Å². The first-order valence-electron chi connectivity index (χ1n) is 11.0. The van der Waals surface area contributed by atoms with E-state index >= 15 is 0 Å². The highest BCUT2D eigenvalue weighted by molar-refractivity contribution is 7.98. The summed E-state index contributed by atoms with van der Waals surface area (Å²) in [5.74, 6) is 1.92. The minimum absolute atomic E-state index is 0.110. The molecule has 0 aliphatic carbocycles. The van der Waals surface area contributed by atoms with E-state index in [-0.39, 0.29) is 12.5 Å². The van der Waals surface area contributed by atoms with Crippen LogP contribution in [0, 0.1) is 6.92 Å². The van der Waals surface area contributed by atoms with Crippen LogP contribution in [0.15, 0.2) is 65.8 Å². The van der Waals surface area contributed by atoms with Crippen molar-refractivity contribution in [2.24, 2.45) is 0 Å². The molecule has 0 fully saturated rings. The number of nitrogens with zero attached hydrogens (tertiary/aromatic N) is 3. The number of hydrogen-bond donors (Lipinski definition) is 1. The number of nitrogens with one attached hydrogen (secondary N) is 1. The summed E-state index contributed by atoms with van der Waals surface area (Å²) in [5, 5.41) is 13.3. The molecule has 1 N–H and O–H groups in total. The third kappa shape index (κ3) is 5.95. The number of benzene rings is 3. The first-order valence-corrected chi connectivity index (χ1v) is 12.7. The first kappa shape index (κ1) is 25.9. The van der Waals surface area contributed by atoms with E-state index in [0.29, 0.717) is 49.5 Å². The molecule has 10 heteroatoms. The lowest BCUT2D eigenvalue weighted by molar-refractivity contribution is 0.0949. The zero-order chi connectivity index (χ0) is 25.7. The Morgan fingerprint density at radius 1 is 1.00 bits per heavy atom. The minimum atomic E-state index is -0.312. The van der Waals surface area contributed by atoms with Gasteiger partial charge < -0.3 is 14.8 Å². The molecule has 0 aliphatic rings. The third-order valence-corrected chi connectivity index (χ3v) is 7.02. The molecule has 0 bridgehead atoms. The molecule has 1 amide bonds. The van der Waals surface area contributed by atoms with E-state index in [2.05, 4.69) is 34.6 Å². The summed E-state index contributed by atoms with van der Waals surface area (Å²) in [6.45, 7) is 2.18. The summed E-state index contributed by atoms with van der Waals surface area (Å²) in [7, 11) is 3.06. The molecule has 36 heavy (non-hydrogen) atoms. The van der Waals surface area contributed by atoms with Crippen molar-refractivity contribution in [2.75, 3.05) is 14.2 Å². The fourth-order valence-corrected chi connectivity index (χ4v) is 4.93. The van der Waals surface area contributed by atoms with Gasteiger partial charge in [-0.3, -0.25) is 9.36 Å². The van der Waals surface area contributed by atoms with Gasteiger partial charge in [0.05, 0.1) is 31.5 Å². The molecular weight excluding hydrogens is 519 g/mol. The summed E-state index contributed by atoms with van der Waals surface area (Å²) in [6, 6.07) is 18.3. The second-order valence-electron chi connectivity index (χ2n) is 7.83. The number of aryl methyl sites for hydroxylation is 1. The van der Waals surface area contributed by atoms with Crippen LogP contribution >= 0.6 is 35.0 Å². The summed E-state index contributed by atoms with van der Waals surface area (Å²) in [4.78, 5) is 12.9. The van der Waals surface area contributed by atoms with Crippen molar-refractivity contribution in [2.45, 2.75) is 24.4 Å². The van der Waals surface area contributed by atoms with E-state index < -0.39 is 0 Å². The minimum Gasteiger partial charge on any atom is -0.497 e. The van der Waals surface area contributed by atoms with Gasteiger partial charge in [0.1, 0.15) is 11.5 Å². The standard InChI is InChI=1S/C26H24Cl2N4O3S/c1-16-6-4-5-7-17(16)15-36-26-31-30-24(32(26)23-12-19(27)8-9-22(23)28)14-29-25(33)18-10-20(34-2)13-21(11-18)35-3/h4-13H,14-15H2,1-3H3,(H,29,33). The van der Waals surface area contributed by atoms with Crippen LogP contribution in [0.4, 0.5) is 0 Å². The Bertz CT molecular complexity index is 1370. The molecule has 0 spiro atoms. The van der Waals surface area contributed by atoms with Crippen molar-refractivity contribution < 1.29 is 14.3 Å². The quantitative estimate of drug-likeness (QED) is 0.256. The molecule has 3 aromatic carbocycles. The number of carbonyl (C=O) groups is 1. The maximum atomic E-state index is 12.9. The largest absolute Gasteiger partial charge is 0.497 e. The van der Waals surface area contributed by atoms with Gasteiger partial charge in [0, 0.05) is 22.4 Å². The Morgan fingerprint density at radius 3 is 2.42 bits per heavy atom. The smallest absolute Gasteiger partial charge is 0.251 e. The second-order valence-corrected chi connectivity index (χ2v) is 9.62. The molecule has 4 rings (SSSR count). The maximum Gasteiger partial charge on any atom is 0.251 e. The van der Waals surface area contributed by atoms with Gasteiger partial charge in [-0.25, -0.2) is 0 Å². The molecule has 0 radical (unpaired) electrons. The van der Waals surface area contributed by atoms with Gasteiger partial charge in [0.2, 0.25) is 0 Å². The number of ether oxygens (including phenoxy) is 2. The lowest BCUT2D eigenvalue weighted by Gasteiger charge is -2.14. The van der Waals surface area contributed by atoms with Crippen LogP contribution in [0.3, 0.4) is 0 Å². The van der Waals surface area contributed by atoms with Crippen molar-refractivity contribution in [1.82, 2.24) is 20.1 Å². The lowest BCUT2D eigenvalue weighted by atomic mass is 10.1. The van der Waals surface area contributed by atoms with E-state index in [1.54, 1.807) is 36.4 Å². The van der Waals surface area contributed by atoms with Crippen molar-refractivity contribution >= 4 is 40.9 Å². The summed E-state index contributed by atoms with van der Waals surface area (Å²) in [5.41, 5.74) is 3.41. The van der Waals surface area contributed by atoms with Crippen LogP contribution in [0.25, 0.3) is 5.69 Å². The lowest BCUT2D eigenvalue weighted by Crippen LogP contribution is -2.24. The topological polar surface area (TPSA) is 78.3 Å². The van der Waals surface area contributed by atoms with Gasteiger partial charge in [0.15, 0.2) is 11.0 Å². The number of carbonyl (C=O) groups excluding carboxylic acids is 1. The molecular formula is C26H24Cl2N4O3S. The van der Waals surface area contributed by atoms with Gasteiger partial charge in [0.25, 0.3) is 5.91 Å². The highest BCUT2D eigenvalue weighted by Crippen LogP contribution is 2.31. The highest BCUT2D eigenvalue weighted by atomic mass is 35.5. The zero-order valence-corrected chi connectivity index (χ0v) is 22.2. The van der Waals surface area contributed by atoms with Gasteiger partial charge in [-0.1, -0.05) is 59.2 Å². The molecule has 0 unspecified atom stereocenters. The van der Waals surface area contributed by atoms with E-state index in [1.807, 2.05) is 16.7 Å². The van der Waals surface area contributed by atoms with Gasteiger partial charge in [-0.2, -0.15) is 0 Å². The molecule has 1 heterocycles. The average Bonchev–Trinajstić information content (AvgIpc) is 3.30. The number of rotatable bonds is 9. The van der Waals surface area contributed by atoms with Gasteiger partial charge >= 0.3 is 0 Å². The molecule has 0 atom stereocenters. The fraction of sp³-hybridized carbons (Fsp3) is 0.192. The molecule has 7 nitrogen and oxygen atoms in total. The summed E-state index contributed by atoms with van der Waals surface area (Å²) in [6.07, 6.45) is 0. The Hall–Kier alpha value is -3.20. The first-order chi connectivity index (χ1) is 17.4. The molecule has 0 saturated heterocycles. The van der Waals surface area contributed by atoms with E-state index in [9.17, 15) is 4.79 Å². The average molecular weight is 543 g/mol. The van der Waals surface area contributed by atoms with Crippen LogP contribution in [-0.4, -0.2) is 34.9 Å². The number of amides is 1. The number of methoxy groups -OCH3 is 2. The summed E-state index contributed by atoms with van der Waals surface area (Å²) >= 11 is 14.4. The predicted octanol–water partition coefficient (Wildman–Crippen LogP) is 6.12. The van der Waals surface area contributed by atoms with Crippen molar-refractivity contribution in [1.29, 1.82) is 0 Å². The predicted molar refractivity (Wildman–Crippen MR) is 143 cm³/mol. The molecule has 0 saturated carbocycles. The van der Waals surface area contributed by atoms with Crippen molar-refractivity contribution in [3.05, 3.63) is 93.2 Å². The Labute approximate surface area is 223 Å². The zero-order valence-electron chi connectivity index (χ0n) is 19.9. The molecule has 4 aromatic rings. The van der Waals surface area contributed by atoms with Crippen LogP contribution in [0.2, 0.25) is 10.0 Å². The maximum absolute atomic E-state index is 12.9. The fourth-order valence-electron chi connectivity index (χ4n) is 3.52. The van der Waals surface area contributed by atoms with Crippen molar-refractivity contribution in [3.8, 4) is 17.2 Å². The monoisotopic (exact) mass is 542 g/mol. The van der Waals surface area contributed by atoms with Gasteiger partial charge in [-0.05, 0) is 48.4 Å². The summed E-state index contributed by atoms with van der Waals surface area (Å²) < 4.78 is 12.4. The second kappa shape index (κ2) is 11.7. The SMILES string of the molecule is COc1cc(OC)cc(C(=O)NCc2nnc(SCc3ccccc3C)n2-c2cc(Cl)ccc2Cl)c1. The molecule has 1 aromatic heterocycles. The van der Waals surface area contributed by atoms with Crippen LogP contribution in [0.1, 0.15) is 27.3 Å². The van der Waals surface area contributed by atoms with Crippen LogP contribution in [0.5, 0.6) is 11.5 Å². The normalized spacial score (nSPS) is 10.8. The molecule has 186 valence electrons. The highest BCUT2D eigenvalue weighted by Gasteiger charge is 2.19. The van der Waals surface area contributed by atoms with E-state index in [4.69, 9.17) is 32.7 Å². The van der Waals surface area contributed by atoms with E-state index in [0.717, 1.165) is 0 Å². The Balaban J connectivity index is 1.62. The number of hydrogen-bond acceptors (Lipinski definition) is 6. The van der Waals surface area contributed by atoms with E-state index in [1.165, 1.54) is 37.1 Å². The number of aromatic nitrogens is 3. The van der Waals surface area contributed by atoms with Crippen LogP contribution in [-0.2, 0) is 12.3 Å². The van der Waals surface area contributed by atoms with Crippen LogP contribution < -0.4 is 14.8 Å². The van der Waals surface area contributed by atoms with Gasteiger partial charge in [-0.15, -0.1) is 10.2 Å².